The van der Waals surface area contributed by atoms with E-state index in [-0.39, 0.29) is 24.1 Å². The van der Waals surface area contributed by atoms with Crippen LogP contribution in [-0.2, 0) is 14.8 Å². The van der Waals surface area contributed by atoms with Crippen LogP contribution < -0.4 is 5.32 Å². The van der Waals surface area contributed by atoms with E-state index < -0.39 is 10.0 Å². The smallest absolute Gasteiger partial charge is 0.256 e. The van der Waals surface area contributed by atoms with Crippen LogP contribution in [0.4, 0.5) is 0 Å². The fourth-order valence-corrected chi connectivity index (χ4v) is 3.72. The second-order valence-corrected chi connectivity index (χ2v) is 7.83. The van der Waals surface area contributed by atoms with Crippen LogP contribution in [-0.4, -0.2) is 62.4 Å². The van der Waals surface area contributed by atoms with Crippen molar-refractivity contribution in [3.8, 4) is 0 Å². The quantitative estimate of drug-likeness (QED) is 0.805. The molecule has 1 N–H and O–H groups in total. The van der Waals surface area contributed by atoms with Crippen molar-refractivity contribution in [3.63, 3.8) is 0 Å². The minimum Gasteiger partial charge on any atom is -0.379 e. The molecule has 1 aromatic rings. The highest BCUT2D eigenvalue weighted by atomic mass is 32.2. The summed E-state index contributed by atoms with van der Waals surface area (Å²) in [7, 11) is -3.38. The molecular formula is C14H23N3O5S. The van der Waals surface area contributed by atoms with Gasteiger partial charge in [-0.25, -0.2) is 8.42 Å². The highest BCUT2D eigenvalue weighted by Crippen LogP contribution is 2.21. The Morgan fingerprint density at radius 1 is 1.35 bits per heavy atom. The molecule has 1 saturated heterocycles. The highest BCUT2D eigenvalue weighted by molar-refractivity contribution is 7.89. The number of nitrogens with zero attached hydrogens (tertiary/aromatic N) is 2. The Morgan fingerprint density at radius 3 is 2.61 bits per heavy atom. The second-order valence-electron chi connectivity index (χ2n) is 5.75. The molecule has 1 aliphatic heterocycles. The van der Waals surface area contributed by atoms with Crippen LogP contribution in [0, 0.1) is 6.92 Å². The lowest BCUT2D eigenvalue weighted by Crippen LogP contribution is -2.43. The molecule has 0 radical (unpaired) electrons. The molecule has 0 aromatic carbocycles. The van der Waals surface area contributed by atoms with Gasteiger partial charge in [-0.15, -0.1) is 0 Å². The Hall–Kier alpha value is -1.45. The third-order valence-electron chi connectivity index (χ3n) is 3.65. The number of nitrogens with one attached hydrogen (secondary N) is 1. The van der Waals surface area contributed by atoms with E-state index in [9.17, 15) is 13.2 Å². The maximum atomic E-state index is 12.3. The van der Waals surface area contributed by atoms with Gasteiger partial charge in [-0.3, -0.25) is 4.79 Å². The van der Waals surface area contributed by atoms with E-state index in [0.29, 0.717) is 43.3 Å². The first-order chi connectivity index (χ1) is 10.8. The Balaban J connectivity index is 1.93. The fraction of sp³-hybridized carbons (Fsp3) is 0.714. The van der Waals surface area contributed by atoms with Crippen LogP contribution in [0.25, 0.3) is 0 Å². The molecular weight excluding hydrogens is 322 g/mol. The first kappa shape index (κ1) is 17.9. The van der Waals surface area contributed by atoms with Gasteiger partial charge < -0.3 is 14.6 Å². The van der Waals surface area contributed by atoms with E-state index >= 15 is 0 Å². The second kappa shape index (κ2) is 7.41. The Kier molecular flexibility index (Phi) is 5.77. The molecule has 0 unspecified atom stereocenters. The summed E-state index contributed by atoms with van der Waals surface area (Å²) in [6.07, 6.45) is 0. The molecule has 23 heavy (non-hydrogen) atoms. The first-order valence-electron chi connectivity index (χ1n) is 7.63. The number of hydrogen-bond donors (Lipinski definition) is 1. The lowest BCUT2D eigenvalue weighted by Gasteiger charge is -2.26. The molecule has 0 spiro atoms. The van der Waals surface area contributed by atoms with E-state index in [1.165, 1.54) is 4.31 Å². The summed E-state index contributed by atoms with van der Waals surface area (Å²) in [5, 5.41) is 6.45. The Morgan fingerprint density at radius 2 is 2.00 bits per heavy atom. The van der Waals surface area contributed by atoms with Crippen LogP contribution >= 0.6 is 0 Å². The topological polar surface area (TPSA) is 102 Å². The molecule has 1 fully saturated rings. The molecule has 9 heteroatoms. The lowest BCUT2D eigenvalue weighted by atomic mass is 10.0. The van der Waals surface area contributed by atoms with Crippen LogP contribution in [0.5, 0.6) is 0 Å². The van der Waals surface area contributed by atoms with Gasteiger partial charge >= 0.3 is 0 Å². The van der Waals surface area contributed by atoms with Crippen LogP contribution in [0.1, 0.15) is 41.6 Å². The van der Waals surface area contributed by atoms with E-state index in [4.69, 9.17) is 9.26 Å². The third kappa shape index (κ3) is 4.30. The number of morpholine rings is 1. The maximum absolute atomic E-state index is 12.3. The summed E-state index contributed by atoms with van der Waals surface area (Å²) in [5.74, 6) is 0.0368. The van der Waals surface area contributed by atoms with Gasteiger partial charge in [-0.2, -0.15) is 4.31 Å². The van der Waals surface area contributed by atoms with Gasteiger partial charge in [0.1, 0.15) is 5.56 Å². The van der Waals surface area contributed by atoms with Crippen LogP contribution in [0.3, 0.4) is 0 Å². The average molecular weight is 345 g/mol. The third-order valence-corrected chi connectivity index (χ3v) is 5.52. The monoisotopic (exact) mass is 345 g/mol. The van der Waals surface area contributed by atoms with Crippen molar-refractivity contribution in [3.05, 3.63) is 17.0 Å². The fourth-order valence-electron chi connectivity index (χ4n) is 2.39. The largest absolute Gasteiger partial charge is 0.379 e. The van der Waals surface area contributed by atoms with Gasteiger partial charge in [0.2, 0.25) is 10.0 Å². The molecule has 0 atom stereocenters. The molecule has 1 aliphatic rings. The maximum Gasteiger partial charge on any atom is 0.256 e. The predicted molar refractivity (Wildman–Crippen MR) is 83.8 cm³/mol. The number of aryl methyl sites for hydroxylation is 1. The number of rotatable bonds is 6. The number of carbonyl (C=O) groups is 1. The van der Waals surface area contributed by atoms with Gasteiger partial charge in [0.05, 0.1) is 24.7 Å². The van der Waals surface area contributed by atoms with Crippen molar-refractivity contribution in [1.82, 2.24) is 14.8 Å². The lowest BCUT2D eigenvalue weighted by molar-refractivity contribution is 0.0730. The van der Waals surface area contributed by atoms with E-state index in [1.54, 1.807) is 6.92 Å². The first-order valence-corrected chi connectivity index (χ1v) is 9.23. The van der Waals surface area contributed by atoms with Gasteiger partial charge in [0.25, 0.3) is 5.91 Å². The van der Waals surface area contributed by atoms with E-state index in [2.05, 4.69) is 10.5 Å². The zero-order chi connectivity index (χ0) is 17.0. The van der Waals surface area contributed by atoms with Crippen LogP contribution in [0.15, 0.2) is 4.52 Å². The van der Waals surface area contributed by atoms with Crippen molar-refractivity contribution in [2.45, 2.75) is 26.7 Å². The number of sulfonamides is 1. The zero-order valence-corrected chi connectivity index (χ0v) is 14.5. The summed E-state index contributed by atoms with van der Waals surface area (Å²) < 4.78 is 36.1. The highest BCUT2D eigenvalue weighted by Gasteiger charge is 2.26. The summed E-state index contributed by atoms with van der Waals surface area (Å²) in [4.78, 5) is 12.3. The predicted octanol–water partition coefficient (Wildman–Crippen LogP) is 0.498. The summed E-state index contributed by atoms with van der Waals surface area (Å²) >= 11 is 0. The van der Waals surface area contributed by atoms with Crippen molar-refractivity contribution in [2.24, 2.45) is 0 Å². The van der Waals surface area contributed by atoms with Crippen molar-refractivity contribution < 1.29 is 22.5 Å². The molecule has 2 heterocycles. The molecule has 1 aromatic heterocycles. The molecule has 2 rings (SSSR count). The molecule has 0 saturated carbocycles. The summed E-state index contributed by atoms with van der Waals surface area (Å²) in [6.45, 7) is 7.07. The van der Waals surface area contributed by atoms with Gasteiger partial charge in [-0.1, -0.05) is 19.0 Å². The van der Waals surface area contributed by atoms with Crippen molar-refractivity contribution in [2.75, 3.05) is 38.6 Å². The summed E-state index contributed by atoms with van der Waals surface area (Å²) in [5.41, 5.74) is 0.894. The SMILES string of the molecule is Cc1noc(C(C)C)c1C(=O)NCCS(=O)(=O)N1CCOCC1. The molecule has 0 aliphatic carbocycles. The van der Waals surface area contributed by atoms with Gasteiger partial charge in [0, 0.05) is 25.6 Å². The van der Waals surface area contributed by atoms with E-state index in [1.807, 2.05) is 13.8 Å². The minimum absolute atomic E-state index is 0.0223. The molecule has 8 nitrogen and oxygen atoms in total. The van der Waals surface area contributed by atoms with Crippen LogP contribution in [0.2, 0.25) is 0 Å². The molecule has 1 amide bonds. The van der Waals surface area contributed by atoms with Crippen molar-refractivity contribution in [1.29, 1.82) is 0 Å². The number of ether oxygens (including phenoxy) is 1. The van der Waals surface area contributed by atoms with Gasteiger partial charge in [-0.05, 0) is 6.92 Å². The zero-order valence-electron chi connectivity index (χ0n) is 13.7. The number of amides is 1. The minimum atomic E-state index is -3.38. The molecule has 0 bridgehead atoms. The number of aromatic nitrogens is 1. The Bertz CT molecular complexity index is 647. The van der Waals surface area contributed by atoms with Crippen molar-refractivity contribution >= 4 is 15.9 Å². The normalized spacial score (nSPS) is 16.7. The number of carbonyl (C=O) groups excluding carboxylic acids is 1. The summed E-state index contributed by atoms with van der Waals surface area (Å²) in [6, 6.07) is 0. The van der Waals surface area contributed by atoms with E-state index in [0.717, 1.165) is 0 Å². The van der Waals surface area contributed by atoms with Gasteiger partial charge in [0.15, 0.2) is 5.76 Å². The average Bonchev–Trinajstić information content (AvgIpc) is 2.90. The molecule has 130 valence electrons. The standard InChI is InChI=1S/C14H23N3O5S/c1-10(2)13-12(11(3)16-22-13)14(18)15-4-9-23(19,20)17-5-7-21-8-6-17/h10H,4-9H2,1-3H3,(H,15,18). The Labute approximate surface area is 136 Å². The number of hydrogen-bond acceptors (Lipinski definition) is 6.